The summed E-state index contributed by atoms with van der Waals surface area (Å²) in [7, 11) is 1.56. The first-order valence-corrected chi connectivity index (χ1v) is 6.60. The van der Waals surface area contributed by atoms with Gasteiger partial charge in [0.15, 0.2) is 11.5 Å². The summed E-state index contributed by atoms with van der Waals surface area (Å²) in [6.07, 6.45) is 2.26. The first-order valence-electron chi connectivity index (χ1n) is 6.22. The van der Waals surface area contributed by atoms with Crippen molar-refractivity contribution in [2.24, 2.45) is 5.92 Å². The molecule has 18 heavy (non-hydrogen) atoms. The molecule has 0 saturated heterocycles. The lowest BCUT2D eigenvalue weighted by molar-refractivity contribution is 0.239. The largest absolute Gasteiger partial charge is 0.493 e. The monoisotopic (exact) mass is 272 g/mol. The fraction of sp³-hybridized carbons (Fsp3) is 0.571. The quantitative estimate of drug-likeness (QED) is 0.823. The summed E-state index contributed by atoms with van der Waals surface area (Å²) in [6, 6.07) is 3.44. The van der Waals surface area contributed by atoms with Crippen LogP contribution in [0.2, 0.25) is 5.02 Å². The molecule has 102 valence electrons. The molecular formula is C14H21ClO3. The van der Waals surface area contributed by atoms with E-state index in [-0.39, 0.29) is 6.61 Å². The van der Waals surface area contributed by atoms with Gasteiger partial charge in [0.05, 0.1) is 25.3 Å². The van der Waals surface area contributed by atoms with Gasteiger partial charge < -0.3 is 14.6 Å². The average molecular weight is 273 g/mol. The van der Waals surface area contributed by atoms with E-state index in [4.69, 9.17) is 26.2 Å². The van der Waals surface area contributed by atoms with Crippen molar-refractivity contribution >= 4 is 11.6 Å². The SMILES string of the molecule is CCCC(C)COc1c(Cl)cc(CO)cc1OC. The predicted octanol–water partition coefficient (Wildman–Crippen LogP) is 3.66. The summed E-state index contributed by atoms with van der Waals surface area (Å²) < 4.78 is 11.0. The molecule has 0 aliphatic heterocycles. The van der Waals surface area contributed by atoms with Crippen LogP contribution in [0.1, 0.15) is 32.3 Å². The number of benzene rings is 1. The van der Waals surface area contributed by atoms with E-state index in [1.807, 2.05) is 0 Å². The van der Waals surface area contributed by atoms with Gasteiger partial charge in [0, 0.05) is 0 Å². The maximum atomic E-state index is 9.11. The lowest BCUT2D eigenvalue weighted by atomic mass is 10.1. The second-order valence-electron chi connectivity index (χ2n) is 4.47. The molecule has 0 aromatic heterocycles. The van der Waals surface area contributed by atoms with Crippen LogP contribution in [0.15, 0.2) is 12.1 Å². The Morgan fingerprint density at radius 1 is 1.39 bits per heavy atom. The third kappa shape index (κ3) is 4.07. The molecule has 1 aromatic carbocycles. The third-order valence-corrected chi connectivity index (χ3v) is 3.05. The van der Waals surface area contributed by atoms with Crippen molar-refractivity contribution in [3.63, 3.8) is 0 Å². The molecule has 0 aliphatic rings. The van der Waals surface area contributed by atoms with Gasteiger partial charge in [-0.25, -0.2) is 0 Å². The molecule has 1 N–H and O–H groups in total. The van der Waals surface area contributed by atoms with Gasteiger partial charge in [-0.3, -0.25) is 0 Å². The highest BCUT2D eigenvalue weighted by Crippen LogP contribution is 2.36. The van der Waals surface area contributed by atoms with Crippen LogP contribution in [-0.2, 0) is 6.61 Å². The van der Waals surface area contributed by atoms with Gasteiger partial charge in [0.25, 0.3) is 0 Å². The minimum absolute atomic E-state index is 0.0669. The number of halogens is 1. The molecule has 1 rings (SSSR count). The molecule has 1 atom stereocenters. The maximum absolute atomic E-state index is 9.11. The average Bonchev–Trinajstić information content (AvgIpc) is 2.36. The molecule has 0 radical (unpaired) electrons. The zero-order chi connectivity index (χ0) is 13.5. The van der Waals surface area contributed by atoms with Crippen LogP contribution in [0.3, 0.4) is 0 Å². The zero-order valence-corrected chi connectivity index (χ0v) is 12.0. The van der Waals surface area contributed by atoms with E-state index in [0.717, 1.165) is 12.8 Å². The molecule has 1 aromatic rings. The van der Waals surface area contributed by atoms with Crippen LogP contribution in [0, 0.1) is 5.92 Å². The van der Waals surface area contributed by atoms with Gasteiger partial charge in [0.2, 0.25) is 0 Å². The zero-order valence-electron chi connectivity index (χ0n) is 11.2. The van der Waals surface area contributed by atoms with Crippen molar-refractivity contribution < 1.29 is 14.6 Å². The van der Waals surface area contributed by atoms with Crippen molar-refractivity contribution in [2.45, 2.75) is 33.3 Å². The minimum atomic E-state index is -0.0669. The van der Waals surface area contributed by atoms with Crippen LogP contribution < -0.4 is 9.47 Å². The van der Waals surface area contributed by atoms with Crippen LogP contribution in [0.5, 0.6) is 11.5 Å². The number of hydrogen-bond acceptors (Lipinski definition) is 3. The van der Waals surface area contributed by atoms with Crippen molar-refractivity contribution in [1.29, 1.82) is 0 Å². The third-order valence-electron chi connectivity index (χ3n) is 2.77. The van der Waals surface area contributed by atoms with Gasteiger partial charge in [0.1, 0.15) is 0 Å². The summed E-state index contributed by atoms with van der Waals surface area (Å²) in [5.74, 6) is 1.60. The lowest BCUT2D eigenvalue weighted by Crippen LogP contribution is -2.09. The number of rotatable bonds is 7. The summed E-state index contributed by atoms with van der Waals surface area (Å²) in [6.45, 7) is 4.84. The Bertz CT molecular complexity index is 380. The van der Waals surface area contributed by atoms with Crippen molar-refractivity contribution in [3.05, 3.63) is 22.7 Å². The highest BCUT2D eigenvalue weighted by Gasteiger charge is 2.13. The standard InChI is InChI=1S/C14H21ClO3/c1-4-5-10(2)9-18-14-12(15)6-11(8-16)7-13(14)17-3/h6-7,10,16H,4-5,8-9H2,1-3H3. The highest BCUT2D eigenvalue weighted by molar-refractivity contribution is 6.32. The van der Waals surface area contributed by atoms with E-state index in [1.165, 1.54) is 0 Å². The Balaban J connectivity index is 2.81. The van der Waals surface area contributed by atoms with Crippen molar-refractivity contribution in [1.82, 2.24) is 0 Å². The lowest BCUT2D eigenvalue weighted by Gasteiger charge is -2.16. The van der Waals surface area contributed by atoms with Crippen molar-refractivity contribution in [2.75, 3.05) is 13.7 Å². The van der Waals surface area contributed by atoms with E-state index in [1.54, 1.807) is 19.2 Å². The van der Waals surface area contributed by atoms with E-state index in [0.29, 0.717) is 34.6 Å². The summed E-state index contributed by atoms with van der Waals surface area (Å²) in [5.41, 5.74) is 0.714. The van der Waals surface area contributed by atoms with Crippen LogP contribution >= 0.6 is 11.6 Å². The normalized spacial score (nSPS) is 12.3. The molecule has 3 nitrogen and oxygen atoms in total. The molecule has 0 bridgehead atoms. The Morgan fingerprint density at radius 3 is 2.67 bits per heavy atom. The van der Waals surface area contributed by atoms with E-state index in [2.05, 4.69) is 13.8 Å². The summed E-state index contributed by atoms with van der Waals surface area (Å²) in [5, 5.41) is 9.58. The molecule has 0 aliphatic carbocycles. The number of methoxy groups -OCH3 is 1. The topological polar surface area (TPSA) is 38.7 Å². The molecule has 0 saturated carbocycles. The Hall–Kier alpha value is -0.930. The Kier molecular flexibility index (Phi) is 6.30. The fourth-order valence-corrected chi connectivity index (χ4v) is 2.09. The van der Waals surface area contributed by atoms with Gasteiger partial charge in [-0.05, 0) is 30.0 Å². The van der Waals surface area contributed by atoms with E-state index >= 15 is 0 Å². The second kappa shape index (κ2) is 7.49. The number of aliphatic hydroxyl groups is 1. The molecule has 0 heterocycles. The number of ether oxygens (including phenoxy) is 2. The molecular weight excluding hydrogens is 252 g/mol. The smallest absolute Gasteiger partial charge is 0.179 e. The molecule has 0 amide bonds. The molecule has 0 spiro atoms. The Labute approximate surface area is 114 Å². The Morgan fingerprint density at radius 2 is 2.11 bits per heavy atom. The first kappa shape index (κ1) is 15.1. The fourth-order valence-electron chi connectivity index (χ4n) is 1.81. The van der Waals surface area contributed by atoms with E-state index < -0.39 is 0 Å². The predicted molar refractivity (Wildman–Crippen MR) is 73.5 cm³/mol. The number of aliphatic hydroxyl groups excluding tert-OH is 1. The first-order chi connectivity index (χ1) is 8.62. The van der Waals surface area contributed by atoms with Crippen LogP contribution in [0.25, 0.3) is 0 Å². The van der Waals surface area contributed by atoms with Crippen LogP contribution in [0.4, 0.5) is 0 Å². The van der Waals surface area contributed by atoms with Gasteiger partial charge in [-0.2, -0.15) is 0 Å². The summed E-state index contributed by atoms with van der Waals surface area (Å²) in [4.78, 5) is 0. The minimum Gasteiger partial charge on any atom is -0.493 e. The van der Waals surface area contributed by atoms with Gasteiger partial charge in [-0.1, -0.05) is 31.9 Å². The van der Waals surface area contributed by atoms with Gasteiger partial charge >= 0.3 is 0 Å². The summed E-state index contributed by atoms with van der Waals surface area (Å²) >= 11 is 6.14. The van der Waals surface area contributed by atoms with Crippen LogP contribution in [-0.4, -0.2) is 18.8 Å². The van der Waals surface area contributed by atoms with E-state index in [9.17, 15) is 0 Å². The maximum Gasteiger partial charge on any atom is 0.179 e. The number of hydrogen-bond donors (Lipinski definition) is 1. The van der Waals surface area contributed by atoms with Gasteiger partial charge in [-0.15, -0.1) is 0 Å². The molecule has 0 fully saturated rings. The second-order valence-corrected chi connectivity index (χ2v) is 4.88. The highest BCUT2D eigenvalue weighted by atomic mass is 35.5. The molecule has 1 unspecified atom stereocenters. The van der Waals surface area contributed by atoms with Crippen molar-refractivity contribution in [3.8, 4) is 11.5 Å². The molecule has 4 heteroatoms.